The Balaban J connectivity index is 1.84. The van der Waals surface area contributed by atoms with Crippen molar-refractivity contribution < 1.29 is 9.53 Å². The maximum atomic E-state index is 10.8. The molecule has 1 aliphatic rings. The van der Waals surface area contributed by atoms with Crippen LogP contribution in [0.1, 0.15) is 47.7 Å². The highest BCUT2D eigenvalue weighted by Gasteiger charge is 2.23. The molecule has 1 fully saturated rings. The van der Waals surface area contributed by atoms with Gasteiger partial charge in [-0.2, -0.15) is 0 Å². The Labute approximate surface area is 119 Å². The lowest BCUT2D eigenvalue weighted by Gasteiger charge is -2.27. The van der Waals surface area contributed by atoms with Crippen molar-refractivity contribution in [3.8, 4) is 0 Å². The summed E-state index contributed by atoms with van der Waals surface area (Å²) in [7, 11) is 1.80. The van der Waals surface area contributed by atoms with Crippen LogP contribution in [-0.4, -0.2) is 24.5 Å². The number of aromatic nitrogens is 1. The number of benzene rings is 1. The Morgan fingerprint density at radius 2 is 1.95 bits per heavy atom. The second kappa shape index (κ2) is 5.71. The molecule has 0 bridgehead atoms. The number of fused-ring (bicyclic) bond motifs is 1. The Hall–Kier alpha value is -1.74. The van der Waals surface area contributed by atoms with Gasteiger partial charge in [0, 0.05) is 29.7 Å². The zero-order valence-corrected chi connectivity index (χ0v) is 11.7. The number of aldehydes is 1. The minimum Gasteiger partial charge on any atom is -0.381 e. The standard InChI is InChI=1S/C17H19NO2/c1-20-15-6-3-13(4-7-15)16-9-5-14-10-12(11-19)2-8-17(14)18-16/h2,5,8-11,13,15H,3-4,6-7H2,1H3. The van der Waals surface area contributed by atoms with Crippen LogP contribution in [0.15, 0.2) is 30.3 Å². The lowest BCUT2D eigenvalue weighted by atomic mass is 9.85. The molecular formula is C17H19NO2. The summed E-state index contributed by atoms with van der Waals surface area (Å²) in [4.78, 5) is 15.6. The fourth-order valence-corrected chi connectivity index (χ4v) is 3.05. The van der Waals surface area contributed by atoms with Gasteiger partial charge >= 0.3 is 0 Å². The van der Waals surface area contributed by atoms with Gasteiger partial charge in [0.1, 0.15) is 6.29 Å². The molecule has 0 amide bonds. The van der Waals surface area contributed by atoms with Gasteiger partial charge in [0.2, 0.25) is 0 Å². The molecule has 0 radical (unpaired) electrons. The van der Waals surface area contributed by atoms with Crippen molar-refractivity contribution in [2.45, 2.75) is 37.7 Å². The van der Waals surface area contributed by atoms with Crippen LogP contribution in [0.4, 0.5) is 0 Å². The highest BCUT2D eigenvalue weighted by molar-refractivity contribution is 5.86. The first kappa shape index (κ1) is 13.3. The van der Waals surface area contributed by atoms with Crippen molar-refractivity contribution >= 4 is 17.2 Å². The van der Waals surface area contributed by atoms with Crippen LogP contribution in [-0.2, 0) is 4.74 Å². The molecule has 3 heteroatoms. The molecule has 0 unspecified atom stereocenters. The van der Waals surface area contributed by atoms with Gasteiger partial charge < -0.3 is 4.74 Å². The van der Waals surface area contributed by atoms with Crippen molar-refractivity contribution in [3.63, 3.8) is 0 Å². The van der Waals surface area contributed by atoms with Gasteiger partial charge in [-0.1, -0.05) is 6.07 Å². The number of pyridine rings is 1. The van der Waals surface area contributed by atoms with E-state index < -0.39 is 0 Å². The molecule has 0 saturated heterocycles. The normalized spacial score (nSPS) is 22.9. The van der Waals surface area contributed by atoms with E-state index >= 15 is 0 Å². The summed E-state index contributed by atoms with van der Waals surface area (Å²) in [6, 6.07) is 9.83. The maximum Gasteiger partial charge on any atom is 0.150 e. The molecule has 0 atom stereocenters. The predicted molar refractivity (Wildman–Crippen MR) is 79.1 cm³/mol. The molecule has 3 nitrogen and oxygen atoms in total. The molecule has 104 valence electrons. The minimum atomic E-state index is 0.418. The molecule has 0 spiro atoms. The summed E-state index contributed by atoms with van der Waals surface area (Å²) in [6.45, 7) is 0. The van der Waals surface area contributed by atoms with Crippen LogP contribution >= 0.6 is 0 Å². The molecule has 1 heterocycles. The average Bonchev–Trinajstić information content (AvgIpc) is 2.54. The third-order valence-electron chi connectivity index (χ3n) is 4.30. The first-order chi connectivity index (χ1) is 9.80. The fraction of sp³-hybridized carbons (Fsp3) is 0.412. The van der Waals surface area contributed by atoms with Gasteiger partial charge in [-0.3, -0.25) is 9.78 Å². The first-order valence-electron chi connectivity index (χ1n) is 7.19. The average molecular weight is 269 g/mol. The van der Waals surface area contributed by atoms with Crippen molar-refractivity contribution in [1.29, 1.82) is 0 Å². The van der Waals surface area contributed by atoms with Crippen molar-refractivity contribution in [3.05, 3.63) is 41.6 Å². The van der Waals surface area contributed by atoms with E-state index in [2.05, 4.69) is 12.1 Å². The van der Waals surface area contributed by atoms with E-state index in [1.807, 2.05) is 18.2 Å². The smallest absolute Gasteiger partial charge is 0.150 e. The molecule has 1 saturated carbocycles. The molecule has 3 rings (SSSR count). The second-order valence-electron chi connectivity index (χ2n) is 5.52. The maximum absolute atomic E-state index is 10.8. The van der Waals surface area contributed by atoms with Crippen LogP contribution in [0.2, 0.25) is 0 Å². The van der Waals surface area contributed by atoms with Crippen molar-refractivity contribution in [1.82, 2.24) is 4.98 Å². The molecule has 1 aromatic heterocycles. The number of hydrogen-bond donors (Lipinski definition) is 0. The van der Waals surface area contributed by atoms with Crippen LogP contribution in [0.3, 0.4) is 0 Å². The van der Waals surface area contributed by atoms with Gasteiger partial charge in [0.15, 0.2) is 0 Å². The van der Waals surface area contributed by atoms with E-state index in [1.165, 1.54) is 5.69 Å². The molecule has 1 aromatic carbocycles. The van der Waals surface area contributed by atoms with E-state index in [9.17, 15) is 4.79 Å². The molecule has 0 N–H and O–H groups in total. The quantitative estimate of drug-likeness (QED) is 0.797. The SMILES string of the molecule is COC1CCC(c2ccc3cc(C=O)ccc3n2)CC1. The Bertz CT molecular complexity index is 615. The third kappa shape index (κ3) is 2.59. The number of rotatable bonds is 3. The zero-order chi connectivity index (χ0) is 13.9. The number of hydrogen-bond acceptors (Lipinski definition) is 3. The first-order valence-corrected chi connectivity index (χ1v) is 7.19. The summed E-state index contributed by atoms with van der Waals surface area (Å²) in [5, 5.41) is 1.03. The Kier molecular flexibility index (Phi) is 3.79. The monoisotopic (exact) mass is 269 g/mol. The van der Waals surface area contributed by atoms with Crippen LogP contribution < -0.4 is 0 Å². The Morgan fingerprint density at radius 1 is 1.15 bits per heavy atom. The van der Waals surface area contributed by atoms with Crippen LogP contribution in [0, 0.1) is 0 Å². The van der Waals surface area contributed by atoms with Gasteiger partial charge in [0.25, 0.3) is 0 Å². The summed E-state index contributed by atoms with van der Waals surface area (Å²) in [5.41, 5.74) is 2.85. The lowest BCUT2D eigenvalue weighted by Crippen LogP contribution is -2.19. The van der Waals surface area contributed by atoms with Crippen LogP contribution in [0.25, 0.3) is 10.9 Å². The van der Waals surface area contributed by atoms with E-state index in [1.54, 1.807) is 7.11 Å². The molecule has 1 aliphatic carbocycles. The number of ether oxygens (including phenoxy) is 1. The fourth-order valence-electron chi connectivity index (χ4n) is 3.05. The van der Waals surface area contributed by atoms with Gasteiger partial charge in [-0.05, 0) is 49.9 Å². The Morgan fingerprint density at radius 3 is 2.65 bits per heavy atom. The third-order valence-corrected chi connectivity index (χ3v) is 4.30. The molecule has 0 aliphatic heterocycles. The molecule has 2 aromatic rings. The van der Waals surface area contributed by atoms with E-state index in [0.717, 1.165) is 42.9 Å². The summed E-state index contributed by atoms with van der Waals surface area (Å²) in [6.07, 6.45) is 5.81. The summed E-state index contributed by atoms with van der Waals surface area (Å²) >= 11 is 0. The van der Waals surface area contributed by atoms with Gasteiger partial charge in [0.05, 0.1) is 11.6 Å². The number of carbonyl (C=O) groups is 1. The molecular weight excluding hydrogens is 250 g/mol. The molecule has 20 heavy (non-hydrogen) atoms. The van der Waals surface area contributed by atoms with E-state index in [-0.39, 0.29) is 0 Å². The van der Waals surface area contributed by atoms with Crippen molar-refractivity contribution in [2.75, 3.05) is 7.11 Å². The number of methoxy groups -OCH3 is 1. The predicted octanol–water partition coefficient (Wildman–Crippen LogP) is 3.72. The minimum absolute atomic E-state index is 0.418. The van der Waals surface area contributed by atoms with E-state index in [0.29, 0.717) is 17.6 Å². The number of nitrogens with zero attached hydrogens (tertiary/aromatic N) is 1. The zero-order valence-electron chi connectivity index (χ0n) is 11.7. The second-order valence-corrected chi connectivity index (χ2v) is 5.52. The number of carbonyl (C=O) groups excluding carboxylic acids is 1. The summed E-state index contributed by atoms with van der Waals surface area (Å²) < 4.78 is 5.42. The van der Waals surface area contributed by atoms with E-state index in [4.69, 9.17) is 9.72 Å². The summed E-state index contributed by atoms with van der Waals surface area (Å²) in [5.74, 6) is 0.538. The van der Waals surface area contributed by atoms with Crippen LogP contribution in [0.5, 0.6) is 0 Å². The topological polar surface area (TPSA) is 39.2 Å². The van der Waals surface area contributed by atoms with Gasteiger partial charge in [-0.25, -0.2) is 0 Å². The van der Waals surface area contributed by atoms with Gasteiger partial charge in [-0.15, -0.1) is 0 Å². The lowest BCUT2D eigenvalue weighted by molar-refractivity contribution is 0.0655. The highest BCUT2D eigenvalue weighted by atomic mass is 16.5. The largest absolute Gasteiger partial charge is 0.381 e. The highest BCUT2D eigenvalue weighted by Crippen LogP contribution is 2.33. The van der Waals surface area contributed by atoms with Crippen molar-refractivity contribution in [2.24, 2.45) is 0 Å².